The zero-order valence-corrected chi connectivity index (χ0v) is 25.0. The van der Waals surface area contributed by atoms with E-state index in [9.17, 15) is 18.0 Å². The number of halogens is 1. The Balaban J connectivity index is 2.01. The molecule has 10 heteroatoms. The Kier molecular flexibility index (Phi) is 10.2. The molecular weight excluding hydrogens is 550 g/mol. The Bertz CT molecular complexity index is 1410. The Morgan fingerprint density at radius 3 is 2.12 bits per heavy atom. The number of sulfonamides is 1. The first-order valence-corrected chi connectivity index (χ1v) is 14.7. The standard InChI is InChI=1S/C30H36ClN3O5S/c1-22(29(36)32-30(2,3)4)33(19-18-23-12-8-6-9-13-23)28(35)21-34(24-16-17-27(39-5)26(31)20-24)40(37,38)25-14-10-7-11-15-25/h6-17,20,22H,18-19,21H2,1-5H3,(H,32,36)/t22-/m1/s1. The molecule has 40 heavy (non-hydrogen) atoms. The second-order valence-electron chi connectivity index (χ2n) is 10.4. The van der Waals surface area contributed by atoms with E-state index in [0.29, 0.717) is 12.2 Å². The van der Waals surface area contributed by atoms with Gasteiger partial charge < -0.3 is 15.0 Å². The third-order valence-electron chi connectivity index (χ3n) is 6.18. The van der Waals surface area contributed by atoms with E-state index < -0.39 is 34.1 Å². The molecule has 0 bridgehead atoms. The van der Waals surface area contributed by atoms with Crippen molar-refractivity contribution in [1.29, 1.82) is 0 Å². The van der Waals surface area contributed by atoms with Crippen molar-refractivity contribution in [3.63, 3.8) is 0 Å². The predicted molar refractivity (Wildman–Crippen MR) is 158 cm³/mol. The summed E-state index contributed by atoms with van der Waals surface area (Å²) in [5, 5.41) is 3.11. The van der Waals surface area contributed by atoms with Crippen LogP contribution in [0.25, 0.3) is 0 Å². The molecule has 0 aromatic heterocycles. The molecule has 0 spiro atoms. The number of nitrogens with one attached hydrogen (secondary N) is 1. The van der Waals surface area contributed by atoms with Gasteiger partial charge in [0.15, 0.2) is 0 Å². The molecule has 0 saturated carbocycles. The predicted octanol–water partition coefficient (Wildman–Crippen LogP) is 4.92. The number of nitrogens with zero attached hydrogens (tertiary/aromatic N) is 2. The third kappa shape index (κ3) is 7.99. The molecule has 2 amide bonds. The van der Waals surface area contributed by atoms with Gasteiger partial charge in [0.1, 0.15) is 18.3 Å². The van der Waals surface area contributed by atoms with Crippen molar-refractivity contribution in [2.45, 2.75) is 50.6 Å². The van der Waals surface area contributed by atoms with Crippen LogP contribution in [0.5, 0.6) is 5.75 Å². The van der Waals surface area contributed by atoms with Gasteiger partial charge in [-0.1, -0.05) is 60.1 Å². The maximum Gasteiger partial charge on any atom is 0.264 e. The number of ether oxygens (including phenoxy) is 1. The van der Waals surface area contributed by atoms with Gasteiger partial charge in [0.2, 0.25) is 11.8 Å². The smallest absolute Gasteiger partial charge is 0.264 e. The van der Waals surface area contributed by atoms with Crippen molar-refractivity contribution in [2.75, 3.05) is 24.5 Å². The van der Waals surface area contributed by atoms with E-state index in [-0.39, 0.29) is 28.1 Å². The number of benzene rings is 3. The van der Waals surface area contributed by atoms with E-state index in [1.807, 2.05) is 51.1 Å². The van der Waals surface area contributed by atoms with Crippen LogP contribution in [0.2, 0.25) is 5.02 Å². The van der Waals surface area contributed by atoms with Crippen molar-refractivity contribution < 1.29 is 22.7 Å². The lowest BCUT2D eigenvalue weighted by molar-refractivity contribution is -0.139. The average molecular weight is 586 g/mol. The number of carbonyl (C=O) groups excluding carboxylic acids is 2. The summed E-state index contributed by atoms with van der Waals surface area (Å²) in [6.45, 7) is 6.89. The van der Waals surface area contributed by atoms with E-state index in [1.165, 1.54) is 36.3 Å². The number of amides is 2. The third-order valence-corrected chi connectivity index (χ3v) is 8.27. The van der Waals surface area contributed by atoms with Crippen molar-refractivity contribution in [1.82, 2.24) is 10.2 Å². The molecule has 0 aliphatic carbocycles. The Morgan fingerprint density at radius 2 is 1.57 bits per heavy atom. The minimum absolute atomic E-state index is 0.0177. The zero-order chi connectivity index (χ0) is 29.5. The van der Waals surface area contributed by atoms with Gasteiger partial charge in [-0.2, -0.15) is 0 Å². The van der Waals surface area contributed by atoms with E-state index in [4.69, 9.17) is 16.3 Å². The first-order valence-electron chi connectivity index (χ1n) is 12.9. The van der Waals surface area contributed by atoms with Gasteiger partial charge in [-0.25, -0.2) is 8.42 Å². The van der Waals surface area contributed by atoms with Crippen molar-refractivity contribution >= 4 is 39.1 Å². The Hall–Kier alpha value is -3.56. The van der Waals surface area contributed by atoms with Crippen LogP contribution in [0.3, 0.4) is 0 Å². The van der Waals surface area contributed by atoms with Gasteiger partial charge in [-0.3, -0.25) is 13.9 Å². The quantitative estimate of drug-likeness (QED) is 0.345. The molecular formula is C30H36ClN3O5S. The number of rotatable bonds is 11. The number of anilines is 1. The summed E-state index contributed by atoms with van der Waals surface area (Å²) in [5.41, 5.74) is 0.666. The van der Waals surface area contributed by atoms with Gasteiger partial charge in [0, 0.05) is 12.1 Å². The monoisotopic (exact) mass is 585 g/mol. The minimum atomic E-state index is -4.18. The van der Waals surface area contributed by atoms with Crippen molar-refractivity contribution in [2.24, 2.45) is 0 Å². The topological polar surface area (TPSA) is 96.0 Å². The van der Waals surface area contributed by atoms with Crippen molar-refractivity contribution in [3.8, 4) is 5.75 Å². The van der Waals surface area contributed by atoms with Gasteiger partial charge in [0.25, 0.3) is 10.0 Å². The maximum absolute atomic E-state index is 13.9. The minimum Gasteiger partial charge on any atom is -0.495 e. The summed E-state index contributed by atoms with van der Waals surface area (Å²) in [6, 6.07) is 21.1. The van der Waals surface area contributed by atoms with Crippen LogP contribution in [0.1, 0.15) is 33.3 Å². The molecule has 0 unspecified atom stereocenters. The molecule has 0 saturated heterocycles. The molecule has 0 radical (unpaired) electrons. The van der Waals surface area contributed by atoms with Gasteiger partial charge in [-0.15, -0.1) is 0 Å². The number of methoxy groups -OCH3 is 1. The number of hydrogen-bond donors (Lipinski definition) is 1. The van der Waals surface area contributed by atoms with E-state index in [0.717, 1.165) is 9.87 Å². The maximum atomic E-state index is 13.9. The normalized spacial score (nSPS) is 12.3. The van der Waals surface area contributed by atoms with Crippen LogP contribution in [-0.2, 0) is 26.0 Å². The van der Waals surface area contributed by atoms with Crippen LogP contribution in [0.15, 0.2) is 83.8 Å². The molecule has 3 rings (SSSR count). The van der Waals surface area contributed by atoms with Crippen LogP contribution in [0, 0.1) is 0 Å². The van der Waals surface area contributed by atoms with Gasteiger partial charge in [-0.05, 0) is 70.0 Å². The molecule has 1 atom stereocenters. The highest BCUT2D eigenvalue weighted by Gasteiger charge is 2.33. The van der Waals surface area contributed by atoms with Crippen LogP contribution in [-0.4, -0.2) is 56.9 Å². The lowest BCUT2D eigenvalue weighted by Gasteiger charge is -2.33. The summed E-state index contributed by atoms with van der Waals surface area (Å²) in [7, 11) is -2.72. The zero-order valence-electron chi connectivity index (χ0n) is 23.4. The second-order valence-corrected chi connectivity index (χ2v) is 12.7. The molecule has 0 aliphatic rings. The molecule has 3 aromatic carbocycles. The fraction of sp³-hybridized carbons (Fsp3) is 0.333. The molecule has 3 aromatic rings. The average Bonchev–Trinajstić information content (AvgIpc) is 2.91. The molecule has 1 N–H and O–H groups in total. The highest BCUT2D eigenvalue weighted by Crippen LogP contribution is 2.32. The van der Waals surface area contributed by atoms with Gasteiger partial charge >= 0.3 is 0 Å². The largest absolute Gasteiger partial charge is 0.495 e. The van der Waals surface area contributed by atoms with E-state index >= 15 is 0 Å². The molecule has 0 heterocycles. The highest BCUT2D eigenvalue weighted by molar-refractivity contribution is 7.92. The first-order chi connectivity index (χ1) is 18.8. The Morgan fingerprint density at radius 1 is 0.975 bits per heavy atom. The summed E-state index contributed by atoms with van der Waals surface area (Å²) in [5.74, 6) is -0.497. The SMILES string of the molecule is COc1ccc(N(CC(=O)N(CCc2ccccc2)[C@H](C)C(=O)NC(C)(C)C)S(=O)(=O)c2ccccc2)cc1Cl. The first kappa shape index (κ1) is 31.0. The van der Waals surface area contributed by atoms with Gasteiger partial charge in [0.05, 0.1) is 22.7 Å². The van der Waals surface area contributed by atoms with Crippen molar-refractivity contribution in [3.05, 3.63) is 89.4 Å². The number of hydrogen-bond acceptors (Lipinski definition) is 5. The number of carbonyl (C=O) groups is 2. The van der Waals surface area contributed by atoms with E-state index in [2.05, 4.69) is 5.32 Å². The Labute approximate surface area is 241 Å². The fourth-order valence-electron chi connectivity index (χ4n) is 4.10. The summed E-state index contributed by atoms with van der Waals surface area (Å²) in [4.78, 5) is 28.5. The molecule has 0 aliphatic heterocycles. The van der Waals surface area contributed by atoms with E-state index in [1.54, 1.807) is 31.2 Å². The lowest BCUT2D eigenvalue weighted by Crippen LogP contribution is -2.55. The van der Waals surface area contributed by atoms with Crippen LogP contribution in [0.4, 0.5) is 5.69 Å². The van der Waals surface area contributed by atoms with Crippen LogP contribution < -0.4 is 14.4 Å². The summed E-state index contributed by atoms with van der Waals surface area (Å²) in [6.07, 6.45) is 0.486. The fourth-order valence-corrected chi connectivity index (χ4v) is 5.78. The highest BCUT2D eigenvalue weighted by atomic mass is 35.5. The second kappa shape index (κ2) is 13.2. The summed E-state index contributed by atoms with van der Waals surface area (Å²) >= 11 is 6.35. The molecule has 214 valence electrons. The van der Waals surface area contributed by atoms with Crippen LogP contribution >= 0.6 is 11.6 Å². The summed E-state index contributed by atoms with van der Waals surface area (Å²) < 4.78 is 33.9. The molecule has 8 nitrogen and oxygen atoms in total. The lowest BCUT2D eigenvalue weighted by atomic mass is 10.1. The molecule has 0 fully saturated rings.